The number of benzene rings is 2. The fourth-order valence-electron chi connectivity index (χ4n) is 10.3. The lowest BCUT2D eigenvalue weighted by Crippen LogP contribution is -2.49. The zero-order chi connectivity index (χ0) is 33.4. The van der Waals surface area contributed by atoms with E-state index in [-0.39, 0.29) is 5.60 Å². The van der Waals surface area contributed by atoms with Crippen LogP contribution in [0.15, 0.2) is 92.1 Å². The molecule has 47 heavy (non-hydrogen) atoms. The molecule has 1 saturated heterocycles. The molecular formula is C45H56O2. The second kappa shape index (κ2) is 13.3. The highest BCUT2D eigenvalue weighted by Crippen LogP contribution is 2.66. The summed E-state index contributed by atoms with van der Waals surface area (Å²) < 4.78 is 12.0. The van der Waals surface area contributed by atoms with Crippen molar-refractivity contribution in [1.82, 2.24) is 0 Å². The molecule has 2 aromatic rings. The highest BCUT2D eigenvalue weighted by atomic mass is 16.5. The van der Waals surface area contributed by atoms with Crippen LogP contribution < -0.4 is 0 Å². The van der Waals surface area contributed by atoms with Gasteiger partial charge in [-0.25, -0.2) is 0 Å². The third kappa shape index (κ3) is 6.34. The minimum atomic E-state index is 0.120. The molecular weight excluding hydrogens is 572 g/mol. The van der Waals surface area contributed by atoms with Crippen molar-refractivity contribution in [1.29, 1.82) is 0 Å². The third-order valence-corrected chi connectivity index (χ3v) is 13.0. The number of rotatable bonds is 4. The lowest BCUT2D eigenvalue weighted by molar-refractivity contribution is -0.144. The van der Waals surface area contributed by atoms with E-state index in [1.165, 1.54) is 69.8 Å². The normalized spacial score (nSPS) is 33.6. The average Bonchev–Trinajstić information content (AvgIpc) is 3.45. The van der Waals surface area contributed by atoms with Gasteiger partial charge in [-0.2, -0.15) is 0 Å². The van der Waals surface area contributed by atoms with Gasteiger partial charge in [-0.05, 0) is 129 Å². The van der Waals surface area contributed by atoms with Gasteiger partial charge in [-0.3, -0.25) is 0 Å². The monoisotopic (exact) mass is 628 g/mol. The smallest absolute Gasteiger partial charge is 0.118 e. The number of fused-ring (bicyclic) bond motifs is 4. The minimum absolute atomic E-state index is 0.120. The molecule has 0 N–H and O–H groups in total. The summed E-state index contributed by atoms with van der Waals surface area (Å²) in [5.74, 6) is 10.8. The molecule has 2 heteroatoms. The number of hydrogen-bond donors (Lipinski definition) is 0. The first-order valence-electron chi connectivity index (χ1n) is 18.1. The highest BCUT2D eigenvalue weighted by Gasteiger charge is 2.57. The molecule has 1 heterocycles. The molecule has 0 radical (unpaired) electrons. The van der Waals surface area contributed by atoms with Gasteiger partial charge in [0.15, 0.2) is 0 Å². The number of hydrogen-bond acceptors (Lipinski definition) is 2. The van der Waals surface area contributed by atoms with Crippen molar-refractivity contribution >= 4 is 5.76 Å². The summed E-state index contributed by atoms with van der Waals surface area (Å²) in [5, 5.41) is 0. The van der Waals surface area contributed by atoms with E-state index in [9.17, 15) is 0 Å². The molecule has 1 aliphatic heterocycles. The van der Waals surface area contributed by atoms with Gasteiger partial charge in [0.25, 0.3) is 0 Å². The maximum atomic E-state index is 6.77. The van der Waals surface area contributed by atoms with Crippen LogP contribution in [-0.2, 0) is 9.47 Å². The zero-order valence-electron chi connectivity index (χ0n) is 29.5. The van der Waals surface area contributed by atoms with Crippen molar-refractivity contribution in [3.8, 4) is 11.8 Å². The quantitative estimate of drug-likeness (QED) is 0.191. The van der Waals surface area contributed by atoms with E-state index < -0.39 is 0 Å². The summed E-state index contributed by atoms with van der Waals surface area (Å²) >= 11 is 0. The van der Waals surface area contributed by atoms with Crippen LogP contribution in [0.3, 0.4) is 0 Å². The predicted molar refractivity (Wildman–Crippen MR) is 197 cm³/mol. The average molecular weight is 629 g/mol. The molecule has 248 valence electrons. The van der Waals surface area contributed by atoms with Gasteiger partial charge >= 0.3 is 0 Å². The van der Waals surface area contributed by atoms with Crippen molar-refractivity contribution in [3.05, 3.63) is 114 Å². The summed E-state index contributed by atoms with van der Waals surface area (Å²) in [6.07, 6.45) is 15.1. The Morgan fingerprint density at radius 2 is 1.55 bits per heavy atom. The van der Waals surface area contributed by atoms with Crippen molar-refractivity contribution in [2.24, 2.45) is 34.5 Å². The first kappa shape index (κ1) is 33.6. The predicted octanol–water partition coefficient (Wildman–Crippen LogP) is 11.3. The molecule has 4 aliphatic carbocycles. The molecule has 7 rings (SSSR count). The van der Waals surface area contributed by atoms with Crippen molar-refractivity contribution < 1.29 is 9.47 Å². The second-order valence-corrected chi connectivity index (χ2v) is 16.1. The largest absolute Gasteiger partial charge is 0.497 e. The fourth-order valence-corrected chi connectivity index (χ4v) is 10.3. The fraction of sp³-hybridized carbons (Fsp3) is 0.511. The molecule has 0 bridgehead atoms. The Morgan fingerprint density at radius 1 is 0.872 bits per heavy atom. The highest BCUT2D eigenvalue weighted by molar-refractivity contribution is 5.58. The minimum Gasteiger partial charge on any atom is -0.497 e. The van der Waals surface area contributed by atoms with Crippen molar-refractivity contribution in [2.75, 3.05) is 13.7 Å². The van der Waals surface area contributed by atoms with E-state index in [1.807, 2.05) is 35.4 Å². The molecule has 1 spiro atoms. The van der Waals surface area contributed by atoms with Gasteiger partial charge in [-0.1, -0.05) is 80.7 Å². The summed E-state index contributed by atoms with van der Waals surface area (Å²) in [4.78, 5) is 0. The summed E-state index contributed by atoms with van der Waals surface area (Å²) in [6, 6.07) is 17.4. The molecule has 3 saturated carbocycles. The van der Waals surface area contributed by atoms with E-state index in [4.69, 9.17) is 9.47 Å². The first-order chi connectivity index (χ1) is 22.6. The van der Waals surface area contributed by atoms with E-state index in [1.54, 1.807) is 7.11 Å². The van der Waals surface area contributed by atoms with Crippen molar-refractivity contribution in [3.63, 3.8) is 0 Å². The van der Waals surface area contributed by atoms with Gasteiger partial charge in [-0.15, -0.1) is 19.7 Å². The molecule has 5 aliphatic rings. The third-order valence-electron chi connectivity index (χ3n) is 13.0. The van der Waals surface area contributed by atoms with Gasteiger partial charge in [0.1, 0.15) is 5.76 Å². The van der Waals surface area contributed by atoms with Crippen LogP contribution in [0.4, 0.5) is 0 Å². The molecule has 0 aromatic heterocycles. The standard InChI is InChI=1S/C43H52O2.C2H4/c1-7-35-19-21-39-37-20-18-34-26-43(25-24-41(3,4)28-45-43)23-22-36(34)40(37)38(27-42(35,39)5)33-16-12-31(13-17-33)9-8-30-10-14-32(15-11-30)29(2)44-6;1-2/h7,10-17,34-35,37-39H,1-2,18-28H2,3-6H3;1-2H2. The molecule has 7 unspecified atom stereocenters. The zero-order valence-corrected chi connectivity index (χ0v) is 29.5. The lowest BCUT2D eigenvalue weighted by atomic mass is 9.50. The summed E-state index contributed by atoms with van der Waals surface area (Å²) in [7, 11) is 1.65. The molecule has 7 atom stereocenters. The van der Waals surface area contributed by atoms with Crippen LogP contribution in [0.1, 0.15) is 113 Å². The number of allylic oxidation sites excluding steroid dienone is 3. The Morgan fingerprint density at radius 3 is 2.17 bits per heavy atom. The van der Waals surface area contributed by atoms with Gasteiger partial charge in [0.2, 0.25) is 0 Å². The van der Waals surface area contributed by atoms with Gasteiger partial charge in [0.05, 0.1) is 19.3 Å². The maximum Gasteiger partial charge on any atom is 0.118 e. The van der Waals surface area contributed by atoms with E-state index in [2.05, 4.69) is 89.3 Å². The topological polar surface area (TPSA) is 18.5 Å². The van der Waals surface area contributed by atoms with Crippen LogP contribution >= 0.6 is 0 Å². The van der Waals surface area contributed by atoms with E-state index >= 15 is 0 Å². The van der Waals surface area contributed by atoms with Crippen LogP contribution in [0.2, 0.25) is 0 Å². The number of methoxy groups -OCH3 is 1. The summed E-state index contributed by atoms with van der Waals surface area (Å²) in [5.41, 5.74) is 9.01. The van der Waals surface area contributed by atoms with Crippen LogP contribution in [0, 0.1) is 46.3 Å². The van der Waals surface area contributed by atoms with E-state index in [0.717, 1.165) is 35.1 Å². The van der Waals surface area contributed by atoms with Crippen LogP contribution in [0.5, 0.6) is 0 Å². The molecule has 4 fully saturated rings. The molecule has 2 nitrogen and oxygen atoms in total. The summed E-state index contributed by atoms with van der Waals surface area (Å²) in [6.45, 7) is 22.5. The molecule has 2 aromatic carbocycles. The van der Waals surface area contributed by atoms with Gasteiger partial charge in [0, 0.05) is 22.6 Å². The number of ether oxygens (including phenoxy) is 2. The Bertz CT molecular complexity index is 1550. The molecule has 0 amide bonds. The Balaban J connectivity index is 0.00000190. The Kier molecular flexibility index (Phi) is 9.53. The first-order valence-corrected chi connectivity index (χ1v) is 18.1. The SMILES string of the molecule is C=C.C=CC1CCC2C3CCC4CC5(CCC4=C3C(c3ccc(C#Cc4ccc(C(=C)OC)cc4)cc3)CC12C)CCC(C)(C)CO5. The maximum absolute atomic E-state index is 6.77. The van der Waals surface area contributed by atoms with Gasteiger partial charge < -0.3 is 9.47 Å². The van der Waals surface area contributed by atoms with Crippen LogP contribution in [0.25, 0.3) is 5.76 Å². The van der Waals surface area contributed by atoms with Crippen molar-refractivity contribution in [2.45, 2.75) is 96.5 Å². The Hall–Kier alpha value is -3.28. The Labute approximate surface area is 285 Å². The second-order valence-electron chi connectivity index (χ2n) is 16.1. The lowest BCUT2D eigenvalue weighted by Gasteiger charge is -2.56. The van der Waals surface area contributed by atoms with Crippen LogP contribution in [-0.4, -0.2) is 19.3 Å². The van der Waals surface area contributed by atoms with E-state index in [0.29, 0.717) is 34.3 Å².